The van der Waals surface area contributed by atoms with Crippen LogP contribution in [-0.2, 0) is 17.4 Å². The summed E-state index contributed by atoms with van der Waals surface area (Å²) in [6.07, 6.45) is -3.07. The van der Waals surface area contributed by atoms with Gasteiger partial charge in [0.1, 0.15) is 11.5 Å². The summed E-state index contributed by atoms with van der Waals surface area (Å²) in [5, 5.41) is 0.614. The molecule has 0 aliphatic heterocycles. The molecule has 0 fully saturated rings. The standard InChI is InChI=1S/C20H15BrClF3N4O/c1-11-13(4-7-17(27-11)20(23,24)25)8-19(30)29-28-18-9-15(16(21)10-26-18)12-2-5-14(22)6-3-12/h2-7,9-10H,8H2,1H3,(H,26,28)(H,29,30). The molecule has 10 heteroatoms. The molecule has 0 aliphatic rings. The molecule has 1 amide bonds. The van der Waals surface area contributed by atoms with Crippen LogP contribution in [-0.4, -0.2) is 15.9 Å². The van der Waals surface area contributed by atoms with E-state index in [1.54, 1.807) is 24.4 Å². The Balaban J connectivity index is 1.66. The number of anilines is 1. The fourth-order valence-corrected chi connectivity index (χ4v) is 3.21. The molecule has 30 heavy (non-hydrogen) atoms. The van der Waals surface area contributed by atoms with E-state index in [-0.39, 0.29) is 12.1 Å². The second kappa shape index (κ2) is 9.01. The second-order valence-electron chi connectivity index (χ2n) is 6.35. The van der Waals surface area contributed by atoms with Crippen molar-refractivity contribution < 1.29 is 18.0 Å². The zero-order valence-corrected chi connectivity index (χ0v) is 17.9. The van der Waals surface area contributed by atoms with Crippen LogP contribution in [0.2, 0.25) is 5.02 Å². The molecule has 3 aromatic rings. The number of hydrogen-bond acceptors (Lipinski definition) is 4. The van der Waals surface area contributed by atoms with Crippen molar-refractivity contribution in [1.29, 1.82) is 0 Å². The fraction of sp³-hybridized carbons (Fsp3) is 0.150. The number of aryl methyl sites for hydroxylation is 1. The number of rotatable bonds is 5. The van der Waals surface area contributed by atoms with Gasteiger partial charge in [0.2, 0.25) is 5.91 Å². The number of amides is 1. The maximum atomic E-state index is 12.7. The van der Waals surface area contributed by atoms with Crippen LogP contribution in [0, 0.1) is 6.92 Å². The van der Waals surface area contributed by atoms with Crippen molar-refractivity contribution in [2.45, 2.75) is 19.5 Å². The number of hydrazine groups is 1. The van der Waals surface area contributed by atoms with E-state index in [4.69, 9.17) is 11.6 Å². The first kappa shape index (κ1) is 22.0. The van der Waals surface area contributed by atoms with Gasteiger partial charge in [-0.05, 0) is 58.2 Å². The molecule has 156 valence electrons. The van der Waals surface area contributed by atoms with E-state index in [0.717, 1.165) is 21.7 Å². The molecule has 2 aromatic heterocycles. The molecule has 0 spiro atoms. The van der Waals surface area contributed by atoms with E-state index in [1.807, 2.05) is 12.1 Å². The van der Waals surface area contributed by atoms with E-state index < -0.39 is 17.8 Å². The van der Waals surface area contributed by atoms with Crippen LogP contribution in [0.15, 0.2) is 53.1 Å². The van der Waals surface area contributed by atoms with Crippen molar-refractivity contribution in [3.63, 3.8) is 0 Å². The largest absolute Gasteiger partial charge is 0.433 e. The molecule has 0 saturated heterocycles. The number of aromatic nitrogens is 2. The third-order valence-electron chi connectivity index (χ3n) is 4.18. The Morgan fingerprint density at radius 3 is 2.50 bits per heavy atom. The van der Waals surface area contributed by atoms with Gasteiger partial charge in [-0.3, -0.25) is 15.6 Å². The molecule has 3 rings (SSSR count). The Kier molecular flexibility index (Phi) is 6.62. The Bertz CT molecular complexity index is 1070. The third kappa shape index (κ3) is 5.48. The number of nitrogens with one attached hydrogen (secondary N) is 2. The smallest absolute Gasteiger partial charge is 0.282 e. The summed E-state index contributed by atoms with van der Waals surface area (Å²) in [7, 11) is 0. The first-order valence-electron chi connectivity index (χ1n) is 8.63. The monoisotopic (exact) mass is 498 g/mol. The van der Waals surface area contributed by atoms with E-state index in [2.05, 4.69) is 36.7 Å². The van der Waals surface area contributed by atoms with Gasteiger partial charge in [-0.25, -0.2) is 9.97 Å². The topological polar surface area (TPSA) is 66.9 Å². The number of carbonyl (C=O) groups excluding carboxylic acids is 1. The number of pyridine rings is 2. The lowest BCUT2D eigenvalue weighted by atomic mass is 10.1. The van der Waals surface area contributed by atoms with Crippen molar-refractivity contribution >= 4 is 39.3 Å². The van der Waals surface area contributed by atoms with Crippen molar-refractivity contribution in [3.8, 4) is 11.1 Å². The summed E-state index contributed by atoms with van der Waals surface area (Å²) in [5.74, 6) is -0.0591. The minimum atomic E-state index is -4.53. The van der Waals surface area contributed by atoms with Gasteiger partial charge in [-0.1, -0.05) is 29.8 Å². The van der Waals surface area contributed by atoms with Crippen LogP contribution >= 0.6 is 27.5 Å². The Hall–Kier alpha value is -2.65. The highest BCUT2D eigenvalue weighted by Crippen LogP contribution is 2.30. The molecule has 0 radical (unpaired) electrons. The lowest BCUT2D eigenvalue weighted by Crippen LogP contribution is -2.31. The van der Waals surface area contributed by atoms with Gasteiger partial charge in [-0.2, -0.15) is 13.2 Å². The highest BCUT2D eigenvalue weighted by Gasteiger charge is 2.32. The van der Waals surface area contributed by atoms with Crippen LogP contribution < -0.4 is 10.9 Å². The number of halogens is 5. The highest BCUT2D eigenvalue weighted by molar-refractivity contribution is 9.10. The number of benzene rings is 1. The summed E-state index contributed by atoms with van der Waals surface area (Å²) >= 11 is 9.36. The van der Waals surface area contributed by atoms with Gasteiger partial charge in [-0.15, -0.1) is 0 Å². The van der Waals surface area contributed by atoms with Crippen molar-refractivity contribution in [2.24, 2.45) is 0 Å². The van der Waals surface area contributed by atoms with Crippen LogP contribution in [0.1, 0.15) is 17.0 Å². The van der Waals surface area contributed by atoms with Gasteiger partial charge >= 0.3 is 6.18 Å². The highest BCUT2D eigenvalue weighted by atomic mass is 79.9. The summed E-state index contributed by atoms with van der Waals surface area (Å²) in [5.41, 5.74) is 6.48. The van der Waals surface area contributed by atoms with Crippen LogP contribution in [0.25, 0.3) is 11.1 Å². The van der Waals surface area contributed by atoms with Crippen LogP contribution in [0.4, 0.5) is 19.0 Å². The Labute approximate surface area is 183 Å². The summed E-state index contributed by atoms with van der Waals surface area (Å²) in [6, 6.07) is 11.1. The van der Waals surface area contributed by atoms with Crippen LogP contribution in [0.5, 0.6) is 0 Å². The number of nitrogens with zero attached hydrogens (tertiary/aromatic N) is 2. The second-order valence-corrected chi connectivity index (χ2v) is 7.64. The molecule has 0 saturated carbocycles. The van der Waals surface area contributed by atoms with Crippen molar-refractivity contribution in [1.82, 2.24) is 15.4 Å². The predicted molar refractivity (Wildman–Crippen MR) is 112 cm³/mol. The third-order valence-corrected chi connectivity index (χ3v) is 5.06. The predicted octanol–water partition coefficient (Wildman–Crippen LogP) is 5.57. The van der Waals surface area contributed by atoms with Gasteiger partial charge in [0.05, 0.1) is 6.42 Å². The average Bonchev–Trinajstić information content (AvgIpc) is 2.69. The molecule has 5 nitrogen and oxygen atoms in total. The normalized spacial score (nSPS) is 11.3. The zero-order chi connectivity index (χ0) is 21.9. The maximum Gasteiger partial charge on any atom is 0.433 e. The van der Waals surface area contributed by atoms with Crippen molar-refractivity contribution in [3.05, 3.63) is 75.1 Å². The van der Waals surface area contributed by atoms with Gasteiger partial charge in [0.15, 0.2) is 0 Å². The quantitative estimate of drug-likeness (QED) is 0.450. The van der Waals surface area contributed by atoms with Gasteiger partial charge in [0, 0.05) is 26.9 Å². The van der Waals surface area contributed by atoms with Crippen LogP contribution in [0.3, 0.4) is 0 Å². The first-order valence-corrected chi connectivity index (χ1v) is 9.80. The zero-order valence-electron chi connectivity index (χ0n) is 15.5. The van der Waals surface area contributed by atoms with E-state index in [1.165, 1.54) is 13.0 Å². The van der Waals surface area contributed by atoms with Crippen molar-refractivity contribution in [2.75, 3.05) is 5.43 Å². The Morgan fingerprint density at radius 1 is 1.17 bits per heavy atom. The minimum Gasteiger partial charge on any atom is -0.282 e. The van der Waals surface area contributed by atoms with Gasteiger partial charge < -0.3 is 0 Å². The summed E-state index contributed by atoms with van der Waals surface area (Å²) in [4.78, 5) is 19.9. The average molecular weight is 500 g/mol. The molecule has 2 heterocycles. The molecule has 0 unspecified atom stereocenters. The van der Waals surface area contributed by atoms with E-state index in [9.17, 15) is 18.0 Å². The summed E-state index contributed by atoms with van der Waals surface area (Å²) < 4.78 is 38.9. The molecular formula is C20H15BrClF3N4O. The molecule has 1 aromatic carbocycles. The molecule has 0 atom stereocenters. The molecule has 0 bridgehead atoms. The fourth-order valence-electron chi connectivity index (χ4n) is 2.64. The number of hydrogen-bond donors (Lipinski definition) is 2. The molecule has 2 N–H and O–H groups in total. The minimum absolute atomic E-state index is 0.134. The summed E-state index contributed by atoms with van der Waals surface area (Å²) in [6.45, 7) is 1.43. The number of carbonyl (C=O) groups is 1. The lowest BCUT2D eigenvalue weighted by Gasteiger charge is -2.12. The van der Waals surface area contributed by atoms with E-state index >= 15 is 0 Å². The van der Waals surface area contributed by atoms with E-state index in [0.29, 0.717) is 16.4 Å². The number of alkyl halides is 3. The van der Waals surface area contributed by atoms with Gasteiger partial charge in [0.25, 0.3) is 0 Å². The Morgan fingerprint density at radius 2 is 1.87 bits per heavy atom. The molecule has 0 aliphatic carbocycles. The molecular weight excluding hydrogens is 485 g/mol. The maximum absolute atomic E-state index is 12.7. The SMILES string of the molecule is Cc1nc(C(F)(F)F)ccc1CC(=O)NNc1cc(-c2ccc(Cl)cc2)c(Br)cn1. The lowest BCUT2D eigenvalue weighted by molar-refractivity contribution is -0.141. The first-order chi connectivity index (χ1) is 14.1.